The summed E-state index contributed by atoms with van der Waals surface area (Å²) in [5.74, 6) is 0.104. The highest BCUT2D eigenvalue weighted by Crippen LogP contribution is 2.31. The number of rotatable bonds is 7. The van der Waals surface area contributed by atoms with Gasteiger partial charge in [0.15, 0.2) is 0 Å². The molecular weight excluding hydrogens is 369 g/mol. The van der Waals surface area contributed by atoms with E-state index in [1.54, 1.807) is 6.07 Å². The minimum absolute atomic E-state index is 0.0241. The molecule has 0 radical (unpaired) electrons. The number of nitrogens with zero attached hydrogens (tertiary/aromatic N) is 2. The Morgan fingerprint density at radius 3 is 2.64 bits per heavy atom. The number of anilines is 1. The average Bonchev–Trinajstić information content (AvgIpc) is 3.22. The van der Waals surface area contributed by atoms with Gasteiger partial charge in [-0.3, -0.25) is 9.69 Å². The van der Waals surface area contributed by atoms with Gasteiger partial charge < -0.3 is 15.5 Å². The van der Waals surface area contributed by atoms with E-state index in [-0.39, 0.29) is 11.9 Å². The van der Waals surface area contributed by atoms with Crippen molar-refractivity contribution in [2.45, 2.75) is 37.9 Å². The number of benzene rings is 1. The number of piperazine rings is 1. The molecule has 0 aliphatic carbocycles. The van der Waals surface area contributed by atoms with Gasteiger partial charge in [0.25, 0.3) is 0 Å². The van der Waals surface area contributed by atoms with Crippen LogP contribution in [-0.4, -0.2) is 62.7 Å². The Morgan fingerprint density at radius 1 is 1.18 bits per heavy atom. The number of alkyl halides is 3. The lowest BCUT2D eigenvalue weighted by atomic mass is 10.1. The summed E-state index contributed by atoms with van der Waals surface area (Å²) in [5.41, 5.74) is 0.0417. The number of nitrogens with one attached hydrogen (secondary N) is 2. The first-order chi connectivity index (χ1) is 13.4. The van der Waals surface area contributed by atoms with E-state index in [1.165, 1.54) is 12.1 Å². The minimum atomic E-state index is -4.30. The van der Waals surface area contributed by atoms with Gasteiger partial charge in [-0.2, -0.15) is 13.2 Å². The van der Waals surface area contributed by atoms with Crippen LogP contribution in [0.5, 0.6) is 0 Å². The lowest BCUT2D eigenvalue weighted by molar-refractivity contribution is -0.137. The van der Waals surface area contributed by atoms with Gasteiger partial charge >= 0.3 is 6.18 Å². The first kappa shape index (κ1) is 20.9. The van der Waals surface area contributed by atoms with Crippen LogP contribution in [0.2, 0.25) is 0 Å². The first-order valence-electron chi connectivity index (χ1n) is 10.1. The molecule has 1 amide bonds. The van der Waals surface area contributed by atoms with E-state index in [0.717, 1.165) is 71.0 Å². The number of amides is 1. The van der Waals surface area contributed by atoms with Crippen LogP contribution in [0.15, 0.2) is 24.3 Å². The summed E-state index contributed by atoms with van der Waals surface area (Å²) in [5, 5.41) is 6.18. The van der Waals surface area contributed by atoms with Crippen molar-refractivity contribution in [1.82, 2.24) is 15.5 Å². The van der Waals surface area contributed by atoms with E-state index >= 15 is 0 Å². The summed E-state index contributed by atoms with van der Waals surface area (Å²) < 4.78 is 38.6. The summed E-state index contributed by atoms with van der Waals surface area (Å²) in [6.07, 6.45) is -0.387. The minimum Gasteiger partial charge on any atom is -0.369 e. The Hall–Kier alpha value is -1.80. The third-order valence-electron chi connectivity index (χ3n) is 5.49. The third-order valence-corrected chi connectivity index (χ3v) is 5.49. The largest absolute Gasteiger partial charge is 0.416 e. The molecule has 2 aliphatic heterocycles. The normalized spacial score (nSPS) is 21.1. The summed E-state index contributed by atoms with van der Waals surface area (Å²) >= 11 is 0. The van der Waals surface area contributed by atoms with E-state index in [1.807, 2.05) is 4.90 Å². The van der Waals surface area contributed by atoms with Crippen molar-refractivity contribution in [2.75, 3.05) is 50.7 Å². The lowest BCUT2D eigenvalue weighted by Crippen LogP contribution is -2.46. The molecule has 0 spiro atoms. The van der Waals surface area contributed by atoms with Gasteiger partial charge in [-0.15, -0.1) is 0 Å². The maximum Gasteiger partial charge on any atom is 0.416 e. The molecule has 156 valence electrons. The van der Waals surface area contributed by atoms with Crippen molar-refractivity contribution in [3.63, 3.8) is 0 Å². The number of hydrogen-bond donors (Lipinski definition) is 2. The lowest BCUT2D eigenvalue weighted by Gasteiger charge is -2.36. The van der Waals surface area contributed by atoms with Gasteiger partial charge in [0.05, 0.1) is 11.6 Å². The van der Waals surface area contributed by atoms with Gasteiger partial charge in [-0.1, -0.05) is 6.07 Å². The van der Waals surface area contributed by atoms with Gasteiger partial charge in [-0.05, 0) is 57.0 Å². The van der Waals surface area contributed by atoms with Crippen LogP contribution in [0, 0.1) is 0 Å². The number of unbranched alkanes of at least 4 members (excludes halogenated alkanes) is 1. The van der Waals surface area contributed by atoms with Gasteiger partial charge in [-0.25, -0.2) is 0 Å². The fraction of sp³-hybridized carbons (Fsp3) is 0.650. The fourth-order valence-corrected chi connectivity index (χ4v) is 3.81. The molecule has 2 heterocycles. The topological polar surface area (TPSA) is 47.6 Å². The summed E-state index contributed by atoms with van der Waals surface area (Å²) in [6.45, 7) is 5.71. The predicted octanol–water partition coefficient (Wildman–Crippen LogP) is 2.48. The van der Waals surface area contributed by atoms with E-state index < -0.39 is 11.7 Å². The van der Waals surface area contributed by atoms with Crippen molar-refractivity contribution < 1.29 is 18.0 Å². The summed E-state index contributed by atoms with van der Waals surface area (Å²) in [6, 6.07) is 5.54. The molecule has 0 bridgehead atoms. The van der Waals surface area contributed by atoms with Gasteiger partial charge in [0, 0.05) is 38.4 Å². The van der Waals surface area contributed by atoms with Crippen molar-refractivity contribution in [3.8, 4) is 0 Å². The zero-order valence-electron chi connectivity index (χ0n) is 16.1. The van der Waals surface area contributed by atoms with Crippen molar-refractivity contribution >= 4 is 11.6 Å². The average molecular weight is 398 g/mol. The van der Waals surface area contributed by atoms with Crippen molar-refractivity contribution in [2.24, 2.45) is 0 Å². The molecule has 2 N–H and O–H groups in total. The van der Waals surface area contributed by atoms with Crippen molar-refractivity contribution in [3.05, 3.63) is 29.8 Å². The Kier molecular flexibility index (Phi) is 7.18. The van der Waals surface area contributed by atoms with Crippen LogP contribution >= 0.6 is 0 Å². The standard InChI is InChI=1S/C20H29F3N4O/c21-20(22,23)16-5-3-6-17(15-16)27-13-11-26(12-14-27)10-2-1-8-25-19(28)18-7-4-9-24-18/h3,5-6,15,18,24H,1-2,4,7-14H2,(H,25,28). The smallest absolute Gasteiger partial charge is 0.369 e. The molecule has 5 nitrogen and oxygen atoms in total. The molecule has 2 aliphatic rings. The van der Waals surface area contributed by atoms with Crippen LogP contribution in [0.4, 0.5) is 18.9 Å². The van der Waals surface area contributed by atoms with E-state index in [4.69, 9.17) is 0 Å². The highest BCUT2D eigenvalue weighted by Gasteiger charge is 2.31. The maximum absolute atomic E-state index is 12.9. The molecular formula is C20H29F3N4O. The fourth-order valence-electron chi connectivity index (χ4n) is 3.81. The van der Waals surface area contributed by atoms with E-state index in [9.17, 15) is 18.0 Å². The Balaban J connectivity index is 1.33. The highest BCUT2D eigenvalue weighted by molar-refractivity contribution is 5.81. The summed E-state index contributed by atoms with van der Waals surface area (Å²) in [4.78, 5) is 16.3. The maximum atomic E-state index is 12.9. The molecule has 1 aromatic carbocycles. The molecule has 1 unspecified atom stereocenters. The second kappa shape index (κ2) is 9.60. The van der Waals surface area contributed by atoms with Crippen molar-refractivity contribution in [1.29, 1.82) is 0 Å². The monoisotopic (exact) mass is 398 g/mol. The highest BCUT2D eigenvalue weighted by atomic mass is 19.4. The zero-order valence-corrected chi connectivity index (χ0v) is 16.1. The SMILES string of the molecule is O=C(NCCCCN1CCN(c2cccc(C(F)(F)F)c2)CC1)C1CCCN1. The quantitative estimate of drug-likeness (QED) is 0.693. The molecule has 1 aromatic rings. The predicted molar refractivity (Wildman–Crippen MR) is 103 cm³/mol. The Morgan fingerprint density at radius 2 is 1.96 bits per heavy atom. The van der Waals surface area contributed by atoms with E-state index in [2.05, 4.69) is 15.5 Å². The summed E-state index contributed by atoms with van der Waals surface area (Å²) in [7, 11) is 0. The molecule has 0 saturated carbocycles. The third kappa shape index (κ3) is 5.85. The Labute approximate surface area is 164 Å². The molecule has 2 fully saturated rings. The molecule has 28 heavy (non-hydrogen) atoms. The number of hydrogen-bond acceptors (Lipinski definition) is 4. The van der Waals surface area contributed by atoms with Crippen LogP contribution in [0.3, 0.4) is 0 Å². The Bertz CT molecular complexity index is 639. The second-order valence-electron chi connectivity index (χ2n) is 7.52. The number of carbonyl (C=O) groups is 1. The molecule has 0 aromatic heterocycles. The molecule has 2 saturated heterocycles. The molecule has 3 rings (SSSR count). The van der Waals surface area contributed by atoms with Crippen LogP contribution in [-0.2, 0) is 11.0 Å². The molecule has 1 atom stereocenters. The van der Waals surface area contributed by atoms with Gasteiger partial charge in [0.2, 0.25) is 5.91 Å². The van der Waals surface area contributed by atoms with Crippen LogP contribution < -0.4 is 15.5 Å². The van der Waals surface area contributed by atoms with Gasteiger partial charge in [0.1, 0.15) is 0 Å². The van der Waals surface area contributed by atoms with E-state index in [0.29, 0.717) is 12.2 Å². The number of carbonyl (C=O) groups excluding carboxylic acids is 1. The first-order valence-corrected chi connectivity index (χ1v) is 10.1. The molecule has 8 heteroatoms. The zero-order chi connectivity index (χ0) is 20.0. The second-order valence-corrected chi connectivity index (χ2v) is 7.52. The number of halogens is 3. The van der Waals surface area contributed by atoms with Crippen LogP contribution in [0.1, 0.15) is 31.2 Å². The van der Waals surface area contributed by atoms with Crippen LogP contribution in [0.25, 0.3) is 0 Å².